The van der Waals surface area contributed by atoms with Crippen molar-refractivity contribution in [2.24, 2.45) is 0 Å². The Morgan fingerprint density at radius 2 is 1.55 bits per heavy atom. The Bertz CT molecular complexity index is 1170. The molecule has 5 heteroatoms. The Balaban J connectivity index is 1.45. The Hall–Kier alpha value is -3.63. The van der Waals surface area contributed by atoms with E-state index in [1.54, 1.807) is 18.3 Å². The van der Waals surface area contributed by atoms with Crippen LogP contribution >= 0.6 is 11.6 Å². The van der Waals surface area contributed by atoms with E-state index in [1.165, 1.54) is 0 Å². The van der Waals surface area contributed by atoms with Crippen LogP contribution in [0, 0.1) is 0 Å². The number of carbonyl (C=O) groups excluding carboxylic acids is 1. The Kier molecular flexibility index (Phi) is 7.72. The van der Waals surface area contributed by atoms with Gasteiger partial charge in [0, 0.05) is 31.4 Å². The molecule has 4 nitrogen and oxygen atoms in total. The number of benzene rings is 3. The lowest BCUT2D eigenvalue weighted by Crippen LogP contribution is -2.32. The van der Waals surface area contributed by atoms with E-state index in [9.17, 15) is 4.79 Å². The molecular weight excluding hydrogens is 432 g/mol. The first-order valence-electron chi connectivity index (χ1n) is 10.9. The fraction of sp³-hybridized carbons (Fsp3) is 0.143. The van der Waals surface area contributed by atoms with Gasteiger partial charge in [-0.2, -0.15) is 0 Å². The molecule has 3 aromatic carbocycles. The summed E-state index contributed by atoms with van der Waals surface area (Å²) in [5, 5.41) is 0.454. The second-order valence-corrected chi connectivity index (χ2v) is 8.10. The minimum absolute atomic E-state index is 0.0964. The molecule has 0 fully saturated rings. The van der Waals surface area contributed by atoms with Gasteiger partial charge in [0.1, 0.15) is 12.4 Å². The van der Waals surface area contributed by atoms with Gasteiger partial charge in [-0.05, 0) is 47.5 Å². The van der Waals surface area contributed by atoms with E-state index in [1.807, 2.05) is 89.8 Å². The van der Waals surface area contributed by atoms with E-state index in [0.717, 1.165) is 22.6 Å². The van der Waals surface area contributed by atoms with E-state index in [-0.39, 0.29) is 5.91 Å². The van der Waals surface area contributed by atoms with Crippen LogP contribution in [-0.2, 0) is 19.6 Å². The van der Waals surface area contributed by atoms with E-state index in [0.29, 0.717) is 36.7 Å². The molecule has 0 radical (unpaired) electrons. The molecule has 0 aliphatic carbocycles. The molecule has 4 rings (SSSR count). The van der Waals surface area contributed by atoms with Gasteiger partial charge in [-0.3, -0.25) is 9.78 Å². The smallest absolute Gasteiger partial charge is 0.255 e. The number of pyridine rings is 1. The monoisotopic (exact) mass is 456 g/mol. The average molecular weight is 457 g/mol. The van der Waals surface area contributed by atoms with Crippen molar-refractivity contribution in [2.75, 3.05) is 6.54 Å². The van der Waals surface area contributed by atoms with Crippen LogP contribution in [0.2, 0.25) is 5.02 Å². The quantitative estimate of drug-likeness (QED) is 0.301. The lowest BCUT2D eigenvalue weighted by molar-refractivity contribution is 0.0745. The van der Waals surface area contributed by atoms with Crippen molar-refractivity contribution in [3.8, 4) is 5.75 Å². The summed E-state index contributed by atoms with van der Waals surface area (Å²) in [5.41, 5.74) is 3.58. The maximum Gasteiger partial charge on any atom is 0.255 e. The molecule has 1 aromatic heterocycles. The van der Waals surface area contributed by atoms with Crippen LogP contribution in [-0.4, -0.2) is 22.3 Å². The second-order valence-electron chi connectivity index (χ2n) is 7.70. The number of aromatic nitrogens is 1. The Morgan fingerprint density at radius 3 is 2.27 bits per heavy atom. The molecule has 0 saturated carbocycles. The SMILES string of the molecule is O=C(c1ccccc1Cl)N(CCc1ccccn1)Cc1ccc(OCc2ccccc2)cc1. The third kappa shape index (κ3) is 6.43. The van der Waals surface area contributed by atoms with Crippen molar-refractivity contribution < 1.29 is 9.53 Å². The number of carbonyl (C=O) groups is 1. The molecule has 1 amide bonds. The van der Waals surface area contributed by atoms with Crippen LogP contribution in [0.1, 0.15) is 27.2 Å². The summed E-state index contributed by atoms with van der Waals surface area (Å²) in [5.74, 6) is 0.695. The van der Waals surface area contributed by atoms with E-state index in [2.05, 4.69) is 4.98 Å². The van der Waals surface area contributed by atoms with Gasteiger partial charge in [0.2, 0.25) is 0 Å². The topological polar surface area (TPSA) is 42.4 Å². The molecule has 0 aliphatic rings. The Labute approximate surface area is 199 Å². The molecular formula is C28H25ClN2O2. The van der Waals surface area contributed by atoms with Gasteiger partial charge in [-0.1, -0.05) is 72.3 Å². The lowest BCUT2D eigenvalue weighted by Gasteiger charge is -2.23. The zero-order valence-electron chi connectivity index (χ0n) is 18.2. The largest absolute Gasteiger partial charge is 0.489 e. The van der Waals surface area contributed by atoms with Crippen LogP contribution in [0.15, 0.2) is 103 Å². The van der Waals surface area contributed by atoms with Gasteiger partial charge in [-0.15, -0.1) is 0 Å². The Morgan fingerprint density at radius 1 is 0.818 bits per heavy atom. The third-order valence-corrected chi connectivity index (χ3v) is 5.63. The van der Waals surface area contributed by atoms with Crippen LogP contribution < -0.4 is 4.74 Å². The predicted molar refractivity (Wildman–Crippen MR) is 131 cm³/mol. The van der Waals surface area contributed by atoms with Crippen LogP contribution in [0.5, 0.6) is 5.75 Å². The summed E-state index contributed by atoms with van der Waals surface area (Å²) in [6, 6.07) is 30.9. The minimum atomic E-state index is -0.0964. The number of ether oxygens (including phenoxy) is 1. The van der Waals surface area contributed by atoms with Gasteiger partial charge in [0.25, 0.3) is 5.91 Å². The molecule has 1 heterocycles. The number of hydrogen-bond donors (Lipinski definition) is 0. The number of amides is 1. The lowest BCUT2D eigenvalue weighted by atomic mass is 10.1. The number of hydrogen-bond acceptors (Lipinski definition) is 3. The normalized spacial score (nSPS) is 10.6. The summed E-state index contributed by atoms with van der Waals surface area (Å²) in [7, 11) is 0. The summed E-state index contributed by atoms with van der Waals surface area (Å²) in [4.78, 5) is 19.5. The molecule has 0 atom stereocenters. The van der Waals surface area contributed by atoms with Gasteiger partial charge in [0.05, 0.1) is 10.6 Å². The second kappa shape index (κ2) is 11.3. The fourth-order valence-corrected chi connectivity index (χ4v) is 3.72. The maximum atomic E-state index is 13.3. The third-order valence-electron chi connectivity index (χ3n) is 5.30. The molecule has 0 spiro atoms. The molecule has 0 unspecified atom stereocenters. The summed E-state index contributed by atoms with van der Waals surface area (Å²) in [6.07, 6.45) is 2.43. The average Bonchev–Trinajstić information content (AvgIpc) is 2.87. The number of halogens is 1. The van der Waals surface area contributed by atoms with Crippen molar-refractivity contribution in [3.63, 3.8) is 0 Å². The fourth-order valence-electron chi connectivity index (χ4n) is 3.51. The summed E-state index contributed by atoms with van der Waals surface area (Å²) >= 11 is 6.31. The standard InChI is InChI=1S/C28H25ClN2O2/c29-27-12-5-4-11-26(27)28(32)31(19-17-24-10-6-7-18-30-24)20-22-13-15-25(16-14-22)33-21-23-8-2-1-3-9-23/h1-16,18H,17,19-21H2. The van der Waals surface area contributed by atoms with Crippen LogP contribution in [0.25, 0.3) is 0 Å². The summed E-state index contributed by atoms with van der Waals surface area (Å²) < 4.78 is 5.88. The zero-order valence-corrected chi connectivity index (χ0v) is 19.0. The van der Waals surface area contributed by atoms with Gasteiger partial charge in [-0.25, -0.2) is 0 Å². The summed E-state index contributed by atoms with van der Waals surface area (Å²) in [6.45, 7) is 1.52. The molecule has 0 bridgehead atoms. The molecule has 0 N–H and O–H groups in total. The molecule has 0 aliphatic heterocycles. The van der Waals surface area contributed by atoms with Gasteiger partial charge < -0.3 is 9.64 Å². The minimum Gasteiger partial charge on any atom is -0.489 e. The highest BCUT2D eigenvalue weighted by Crippen LogP contribution is 2.20. The van der Waals surface area contributed by atoms with E-state index in [4.69, 9.17) is 16.3 Å². The number of rotatable bonds is 9. The number of nitrogens with zero attached hydrogens (tertiary/aromatic N) is 2. The molecule has 33 heavy (non-hydrogen) atoms. The van der Waals surface area contributed by atoms with E-state index >= 15 is 0 Å². The van der Waals surface area contributed by atoms with Crippen molar-refractivity contribution in [3.05, 3.63) is 131 Å². The van der Waals surface area contributed by atoms with Crippen molar-refractivity contribution in [1.29, 1.82) is 0 Å². The van der Waals surface area contributed by atoms with Gasteiger partial charge in [0.15, 0.2) is 0 Å². The van der Waals surface area contributed by atoms with E-state index < -0.39 is 0 Å². The van der Waals surface area contributed by atoms with Crippen LogP contribution in [0.3, 0.4) is 0 Å². The molecule has 0 saturated heterocycles. The first-order valence-corrected chi connectivity index (χ1v) is 11.3. The van der Waals surface area contributed by atoms with Crippen molar-refractivity contribution in [1.82, 2.24) is 9.88 Å². The maximum absolute atomic E-state index is 13.3. The molecule has 166 valence electrons. The van der Waals surface area contributed by atoms with Crippen LogP contribution in [0.4, 0.5) is 0 Å². The highest BCUT2D eigenvalue weighted by atomic mass is 35.5. The zero-order chi connectivity index (χ0) is 22.9. The van der Waals surface area contributed by atoms with Crippen molar-refractivity contribution >= 4 is 17.5 Å². The molecule has 4 aromatic rings. The first-order chi connectivity index (χ1) is 16.2. The van der Waals surface area contributed by atoms with Gasteiger partial charge >= 0.3 is 0 Å². The highest BCUT2D eigenvalue weighted by molar-refractivity contribution is 6.33. The predicted octanol–water partition coefficient (Wildman–Crippen LogP) is 6.20. The highest BCUT2D eigenvalue weighted by Gasteiger charge is 2.19. The first kappa shape index (κ1) is 22.6. The van der Waals surface area contributed by atoms with Crippen molar-refractivity contribution in [2.45, 2.75) is 19.6 Å².